The van der Waals surface area contributed by atoms with Gasteiger partial charge in [0.1, 0.15) is 11.6 Å². The third kappa shape index (κ3) is 4.15. The summed E-state index contributed by atoms with van der Waals surface area (Å²) >= 11 is 6.19. The monoisotopic (exact) mass is 384 g/mol. The third-order valence-corrected chi connectivity index (χ3v) is 4.84. The molecule has 0 radical (unpaired) electrons. The lowest BCUT2D eigenvalue weighted by Crippen LogP contribution is -2.35. The highest BCUT2D eigenvalue weighted by Crippen LogP contribution is 2.48. The van der Waals surface area contributed by atoms with Crippen molar-refractivity contribution in [3.63, 3.8) is 0 Å². The molecule has 1 saturated carbocycles. The normalized spacial score (nSPS) is 16.7. The number of hydrogen-bond acceptors (Lipinski definition) is 4. The number of ether oxygens (including phenoxy) is 1. The van der Waals surface area contributed by atoms with Crippen molar-refractivity contribution in [2.75, 3.05) is 27.7 Å². The summed E-state index contributed by atoms with van der Waals surface area (Å²) in [5.41, 5.74) is 0.745. The SMILES string of the molecule is COc1ccc(-c2nc(C3CC(F)(F)C3)n(CCCN(C)C)n2)cc1Cl. The second kappa shape index (κ2) is 7.48. The van der Waals surface area contributed by atoms with Crippen molar-refractivity contribution in [2.45, 2.75) is 37.6 Å². The molecule has 1 aliphatic carbocycles. The first-order chi connectivity index (χ1) is 12.3. The molecule has 26 heavy (non-hydrogen) atoms. The van der Waals surface area contributed by atoms with E-state index < -0.39 is 5.92 Å². The Bertz CT molecular complexity index is 771. The van der Waals surface area contributed by atoms with Crippen LogP contribution < -0.4 is 4.74 Å². The van der Waals surface area contributed by atoms with Gasteiger partial charge in [-0.15, -0.1) is 0 Å². The molecule has 0 spiro atoms. The van der Waals surface area contributed by atoms with Crippen molar-refractivity contribution >= 4 is 11.6 Å². The molecule has 2 aromatic rings. The van der Waals surface area contributed by atoms with Crippen molar-refractivity contribution in [1.82, 2.24) is 19.7 Å². The van der Waals surface area contributed by atoms with Gasteiger partial charge in [0, 0.05) is 30.9 Å². The van der Waals surface area contributed by atoms with Gasteiger partial charge in [-0.1, -0.05) is 11.6 Å². The van der Waals surface area contributed by atoms with E-state index in [1.165, 1.54) is 0 Å². The summed E-state index contributed by atoms with van der Waals surface area (Å²) in [4.78, 5) is 6.65. The van der Waals surface area contributed by atoms with Gasteiger partial charge in [-0.3, -0.25) is 0 Å². The highest BCUT2D eigenvalue weighted by atomic mass is 35.5. The average Bonchev–Trinajstić information content (AvgIpc) is 2.96. The smallest absolute Gasteiger partial charge is 0.249 e. The maximum Gasteiger partial charge on any atom is 0.249 e. The Kier molecular flexibility index (Phi) is 5.48. The lowest BCUT2D eigenvalue weighted by Gasteiger charge is -2.34. The van der Waals surface area contributed by atoms with Crippen molar-refractivity contribution in [3.05, 3.63) is 29.0 Å². The third-order valence-electron chi connectivity index (χ3n) is 4.54. The van der Waals surface area contributed by atoms with Crippen LogP contribution in [0, 0.1) is 0 Å². The van der Waals surface area contributed by atoms with E-state index in [4.69, 9.17) is 16.3 Å². The van der Waals surface area contributed by atoms with Crippen LogP contribution in [-0.4, -0.2) is 53.3 Å². The topological polar surface area (TPSA) is 43.2 Å². The van der Waals surface area contributed by atoms with E-state index in [9.17, 15) is 8.78 Å². The Morgan fingerprint density at radius 2 is 2.08 bits per heavy atom. The van der Waals surface area contributed by atoms with E-state index in [2.05, 4.69) is 15.0 Å². The van der Waals surface area contributed by atoms with Crippen LogP contribution in [0.1, 0.15) is 31.0 Å². The zero-order valence-corrected chi connectivity index (χ0v) is 15.9. The molecule has 0 N–H and O–H groups in total. The number of aryl methyl sites for hydroxylation is 1. The van der Waals surface area contributed by atoms with E-state index in [0.717, 1.165) is 18.5 Å². The predicted octanol–water partition coefficient (Wildman–Crippen LogP) is 4.07. The van der Waals surface area contributed by atoms with Gasteiger partial charge in [-0.25, -0.2) is 18.4 Å². The molecule has 1 aliphatic rings. The fourth-order valence-corrected chi connectivity index (χ4v) is 3.39. The first-order valence-corrected chi connectivity index (χ1v) is 8.98. The lowest BCUT2D eigenvalue weighted by molar-refractivity contribution is -0.0893. The van der Waals surface area contributed by atoms with Gasteiger partial charge in [0.15, 0.2) is 5.82 Å². The Labute approximate surface area is 156 Å². The van der Waals surface area contributed by atoms with Crippen LogP contribution in [-0.2, 0) is 6.54 Å². The number of halogens is 3. The zero-order valence-electron chi connectivity index (χ0n) is 15.2. The summed E-state index contributed by atoms with van der Waals surface area (Å²) in [6.45, 7) is 1.54. The van der Waals surface area contributed by atoms with Crippen LogP contribution in [0.15, 0.2) is 18.2 Å². The molecule has 0 amide bonds. The summed E-state index contributed by atoms with van der Waals surface area (Å²) < 4.78 is 33.6. The van der Waals surface area contributed by atoms with Crippen LogP contribution in [0.5, 0.6) is 5.75 Å². The molecule has 8 heteroatoms. The molecule has 1 heterocycles. The minimum atomic E-state index is -2.59. The summed E-state index contributed by atoms with van der Waals surface area (Å²) in [6, 6.07) is 5.31. The molecule has 0 saturated heterocycles. The summed E-state index contributed by atoms with van der Waals surface area (Å²) in [6.07, 6.45) is 0.541. The van der Waals surface area contributed by atoms with Gasteiger partial charge in [-0.2, -0.15) is 5.10 Å². The van der Waals surface area contributed by atoms with E-state index in [0.29, 0.717) is 29.0 Å². The van der Waals surface area contributed by atoms with Crippen molar-refractivity contribution < 1.29 is 13.5 Å². The number of nitrogens with zero attached hydrogens (tertiary/aromatic N) is 4. The van der Waals surface area contributed by atoms with Gasteiger partial charge < -0.3 is 9.64 Å². The predicted molar refractivity (Wildman–Crippen MR) is 97.1 cm³/mol. The van der Waals surface area contributed by atoms with Gasteiger partial charge in [0.05, 0.1) is 12.1 Å². The molecule has 0 aliphatic heterocycles. The summed E-state index contributed by atoms with van der Waals surface area (Å²) in [5.74, 6) is -1.13. The van der Waals surface area contributed by atoms with E-state index >= 15 is 0 Å². The Morgan fingerprint density at radius 3 is 2.65 bits per heavy atom. The van der Waals surface area contributed by atoms with E-state index in [1.54, 1.807) is 23.9 Å². The molecular formula is C18H23ClF2N4O. The second-order valence-corrected chi connectivity index (χ2v) is 7.39. The minimum Gasteiger partial charge on any atom is -0.495 e. The van der Waals surface area contributed by atoms with Crippen molar-refractivity contribution in [3.8, 4) is 17.1 Å². The average molecular weight is 385 g/mol. The fraction of sp³-hybridized carbons (Fsp3) is 0.556. The highest BCUT2D eigenvalue weighted by molar-refractivity contribution is 6.32. The Morgan fingerprint density at radius 1 is 1.35 bits per heavy atom. The number of aromatic nitrogens is 3. The number of benzene rings is 1. The number of hydrogen-bond donors (Lipinski definition) is 0. The quantitative estimate of drug-likeness (QED) is 0.721. The standard InChI is InChI=1S/C18H23ClF2N4O/c1-24(2)7-4-8-25-17(13-10-18(20,21)11-13)22-16(23-25)12-5-6-15(26-3)14(19)9-12/h5-6,9,13H,4,7-8,10-11H2,1-3H3. The van der Waals surface area contributed by atoms with Crippen LogP contribution >= 0.6 is 11.6 Å². The second-order valence-electron chi connectivity index (χ2n) is 6.98. The summed E-state index contributed by atoms with van der Waals surface area (Å²) in [5, 5.41) is 5.03. The van der Waals surface area contributed by atoms with Crippen LogP contribution in [0.3, 0.4) is 0 Å². The first-order valence-electron chi connectivity index (χ1n) is 8.60. The minimum absolute atomic E-state index is 0.165. The fourth-order valence-electron chi connectivity index (χ4n) is 3.13. The van der Waals surface area contributed by atoms with E-state index in [-0.39, 0.29) is 18.8 Å². The largest absolute Gasteiger partial charge is 0.495 e. The van der Waals surface area contributed by atoms with Crippen molar-refractivity contribution in [2.24, 2.45) is 0 Å². The molecular weight excluding hydrogens is 362 g/mol. The molecule has 1 aromatic heterocycles. The zero-order chi connectivity index (χ0) is 18.9. The maximum absolute atomic E-state index is 13.3. The molecule has 142 valence electrons. The lowest BCUT2D eigenvalue weighted by atomic mass is 9.81. The molecule has 5 nitrogen and oxygen atoms in total. The van der Waals surface area contributed by atoms with Crippen LogP contribution in [0.2, 0.25) is 5.02 Å². The maximum atomic E-state index is 13.3. The van der Waals surface area contributed by atoms with Gasteiger partial charge >= 0.3 is 0 Å². The van der Waals surface area contributed by atoms with Gasteiger partial charge in [0.2, 0.25) is 5.92 Å². The number of alkyl halides is 2. The highest BCUT2D eigenvalue weighted by Gasteiger charge is 2.48. The first kappa shape index (κ1) is 19.0. The molecule has 1 aromatic carbocycles. The number of rotatable bonds is 7. The van der Waals surface area contributed by atoms with Crippen molar-refractivity contribution in [1.29, 1.82) is 0 Å². The van der Waals surface area contributed by atoms with Gasteiger partial charge in [-0.05, 0) is 45.3 Å². The molecule has 0 atom stereocenters. The summed E-state index contributed by atoms with van der Waals surface area (Å²) in [7, 11) is 5.55. The van der Waals surface area contributed by atoms with Gasteiger partial charge in [0.25, 0.3) is 0 Å². The van der Waals surface area contributed by atoms with E-state index in [1.807, 2.05) is 20.2 Å². The Hall–Kier alpha value is -1.73. The Balaban J connectivity index is 1.86. The molecule has 3 rings (SSSR count). The van der Waals surface area contributed by atoms with Crippen LogP contribution in [0.25, 0.3) is 11.4 Å². The molecule has 0 unspecified atom stereocenters. The molecule has 1 fully saturated rings. The molecule has 0 bridgehead atoms. The van der Waals surface area contributed by atoms with Crippen LogP contribution in [0.4, 0.5) is 8.78 Å². The number of methoxy groups -OCH3 is 1.